The molecule has 1 amide bonds. The van der Waals surface area contributed by atoms with Crippen LogP contribution in [0.2, 0.25) is 0 Å². The van der Waals surface area contributed by atoms with E-state index in [1.807, 2.05) is 17.9 Å². The number of carbonyl (C=O) groups excluding carboxylic acids is 1. The van der Waals surface area contributed by atoms with Gasteiger partial charge in [-0.1, -0.05) is 37.3 Å². The maximum atomic E-state index is 12.6. The Hall–Kier alpha value is -1.44. The van der Waals surface area contributed by atoms with Crippen LogP contribution in [-0.4, -0.2) is 56.8 Å². The fraction of sp³-hybridized carbons (Fsp3) is 0.682. The Morgan fingerprint density at radius 2 is 1.97 bits per heavy atom. The molecule has 1 aliphatic heterocycles. The molecule has 1 saturated heterocycles. The van der Waals surface area contributed by atoms with Crippen LogP contribution in [0.25, 0.3) is 0 Å². The molecule has 1 aromatic carbocycles. The highest BCUT2D eigenvalue weighted by molar-refractivity contribution is 7.88. The highest BCUT2D eigenvalue weighted by atomic mass is 32.2. The number of rotatable bonds is 8. The maximum absolute atomic E-state index is 12.6. The summed E-state index contributed by atoms with van der Waals surface area (Å²) < 4.78 is 32.7. The van der Waals surface area contributed by atoms with Gasteiger partial charge in [0.1, 0.15) is 0 Å². The number of hydrogen-bond donors (Lipinski definition) is 1. The molecular formula is C22H34N2O4S. The Morgan fingerprint density at radius 1 is 1.21 bits per heavy atom. The zero-order valence-corrected chi connectivity index (χ0v) is 18.4. The number of likely N-dealkylation sites (tertiary alicyclic amines) is 1. The molecule has 162 valence electrons. The van der Waals surface area contributed by atoms with Gasteiger partial charge in [0.2, 0.25) is 15.9 Å². The lowest BCUT2D eigenvalue weighted by Crippen LogP contribution is -2.58. The summed E-state index contributed by atoms with van der Waals surface area (Å²) in [5.41, 5.74) is 1.35. The standard InChI is InChI=1S/C22H34N2O4S/c1-3-8-22(25)24-14-7-11-20(23-29(2,26)27)21(24)16-28-19-13-12-18(15-19)17-9-5-4-6-10-17/h4-6,9-10,18-21,23H,3,7-8,11-16H2,1-2H3/t18?,19?,20-,21-/m0/s1. The van der Waals surface area contributed by atoms with Gasteiger partial charge in [-0.15, -0.1) is 0 Å². The van der Waals surface area contributed by atoms with E-state index >= 15 is 0 Å². The van der Waals surface area contributed by atoms with E-state index in [0.29, 0.717) is 25.5 Å². The van der Waals surface area contributed by atoms with E-state index < -0.39 is 10.0 Å². The van der Waals surface area contributed by atoms with Crippen molar-refractivity contribution >= 4 is 15.9 Å². The smallest absolute Gasteiger partial charge is 0.222 e. The van der Waals surface area contributed by atoms with Crippen molar-refractivity contribution in [2.45, 2.75) is 76.0 Å². The molecule has 0 radical (unpaired) electrons. The van der Waals surface area contributed by atoms with E-state index in [0.717, 1.165) is 38.5 Å². The zero-order valence-electron chi connectivity index (χ0n) is 17.5. The minimum Gasteiger partial charge on any atom is -0.376 e. The van der Waals surface area contributed by atoms with Crippen LogP contribution in [0.15, 0.2) is 30.3 Å². The van der Waals surface area contributed by atoms with E-state index in [2.05, 4.69) is 29.0 Å². The number of nitrogens with zero attached hydrogens (tertiary/aromatic N) is 1. The lowest BCUT2D eigenvalue weighted by Gasteiger charge is -2.41. The van der Waals surface area contributed by atoms with E-state index in [-0.39, 0.29) is 24.1 Å². The molecule has 1 heterocycles. The quantitative estimate of drug-likeness (QED) is 0.699. The van der Waals surface area contributed by atoms with Crippen LogP contribution < -0.4 is 4.72 Å². The van der Waals surface area contributed by atoms with Gasteiger partial charge in [0.05, 0.1) is 25.0 Å². The van der Waals surface area contributed by atoms with Crippen molar-refractivity contribution in [3.8, 4) is 0 Å². The van der Waals surface area contributed by atoms with Gasteiger partial charge in [-0.05, 0) is 50.0 Å². The summed E-state index contributed by atoms with van der Waals surface area (Å²) in [4.78, 5) is 14.5. The van der Waals surface area contributed by atoms with E-state index in [9.17, 15) is 13.2 Å². The summed E-state index contributed by atoms with van der Waals surface area (Å²) in [6.07, 6.45) is 7.22. The highest BCUT2D eigenvalue weighted by Gasteiger charge is 2.37. The molecule has 1 aromatic rings. The Bertz CT molecular complexity index is 768. The van der Waals surface area contributed by atoms with Crippen LogP contribution in [0.5, 0.6) is 0 Å². The first-order chi connectivity index (χ1) is 13.9. The number of ether oxygens (including phenoxy) is 1. The Balaban J connectivity index is 1.64. The molecule has 2 unspecified atom stereocenters. The van der Waals surface area contributed by atoms with Crippen molar-refractivity contribution in [2.75, 3.05) is 19.4 Å². The second-order valence-corrected chi connectivity index (χ2v) is 10.2. The molecule has 4 atom stereocenters. The monoisotopic (exact) mass is 422 g/mol. The largest absolute Gasteiger partial charge is 0.376 e. The Kier molecular flexibility index (Phi) is 7.71. The summed E-state index contributed by atoms with van der Waals surface area (Å²) in [5.74, 6) is 0.602. The number of sulfonamides is 1. The van der Waals surface area contributed by atoms with Crippen molar-refractivity contribution in [3.63, 3.8) is 0 Å². The first-order valence-corrected chi connectivity index (χ1v) is 12.7. The lowest BCUT2D eigenvalue weighted by atomic mass is 9.96. The fourth-order valence-electron chi connectivity index (χ4n) is 4.70. The summed E-state index contributed by atoms with van der Waals surface area (Å²) in [7, 11) is -3.34. The van der Waals surface area contributed by atoms with Gasteiger partial charge in [-0.3, -0.25) is 4.79 Å². The summed E-state index contributed by atoms with van der Waals surface area (Å²) >= 11 is 0. The molecular weight excluding hydrogens is 388 g/mol. The lowest BCUT2D eigenvalue weighted by molar-refractivity contribution is -0.138. The number of piperidine rings is 1. The fourth-order valence-corrected chi connectivity index (χ4v) is 5.52. The van der Waals surface area contributed by atoms with Crippen LogP contribution in [0.4, 0.5) is 0 Å². The third kappa shape index (κ3) is 6.27. The normalized spacial score (nSPS) is 27.9. The van der Waals surface area contributed by atoms with Crippen LogP contribution in [0.1, 0.15) is 63.4 Å². The Morgan fingerprint density at radius 3 is 2.66 bits per heavy atom. The molecule has 0 aromatic heterocycles. The SMILES string of the molecule is CCCC(=O)N1CCC[C@H](NS(C)(=O)=O)[C@@H]1COC1CCC(c2ccccc2)C1. The zero-order chi connectivity index (χ0) is 20.9. The van der Waals surface area contributed by atoms with Crippen LogP contribution in [0.3, 0.4) is 0 Å². The molecule has 1 aliphatic carbocycles. The predicted octanol–water partition coefficient (Wildman–Crippen LogP) is 3.05. The molecule has 1 N–H and O–H groups in total. The molecule has 29 heavy (non-hydrogen) atoms. The van der Waals surface area contributed by atoms with Gasteiger partial charge >= 0.3 is 0 Å². The van der Waals surface area contributed by atoms with Gasteiger partial charge in [-0.2, -0.15) is 0 Å². The molecule has 3 rings (SSSR count). The topological polar surface area (TPSA) is 75.7 Å². The number of benzene rings is 1. The summed E-state index contributed by atoms with van der Waals surface area (Å²) in [6, 6.07) is 10.00. The second kappa shape index (κ2) is 10.0. The average Bonchev–Trinajstić information content (AvgIpc) is 3.15. The van der Waals surface area contributed by atoms with Gasteiger partial charge in [0.25, 0.3) is 0 Å². The highest BCUT2D eigenvalue weighted by Crippen LogP contribution is 2.36. The van der Waals surface area contributed by atoms with Gasteiger partial charge in [-0.25, -0.2) is 13.1 Å². The first kappa shape index (κ1) is 22.2. The van der Waals surface area contributed by atoms with Crippen LogP contribution in [-0.2, 0) is 19.6 Å². The van der Waals surface area contributed by atoms with Crippen LogP contribution in [0, 0.1) is 0 Å². The van der Waals surface area contributed by atoms with Crippen molar-refractivity contribution in [1.82, 2.24) is 9.62 Å². The summed E-state index contributed by atoms with van der Waals surface area (Å²) in [6.45, 7) is 3.04. The molecule has 0 spiro atoms. The van der Waals surface area contributed by atoms with Gasteiger partial charge < -0.3 is 9.64 Å². The second-order valence-electron chi connectivity index (χ2n) is 8.42. The van der Waals surface area contributed by atoms with Crippen molar-refractivity contribution in [1.29, 1.82) is 0 Å². The molecule has 0 bridgehead atoms. The third-order valence-corrected chi connectivity index (χ3v) is 6.82. The molecule has 2 aliphatic rings. The molecule has 7 heteroatoms. The average molecular weight is 423 g/mol. The third-order valence-electron chi connectivity index (χ3n) is 6.09. The predicted molar refractivity (Wildman–Crippen MR) is 114 cm³/mol. The maximum Gasteiger partial charge on any atom is 0.222 e. The number of carbonyl (C=O) groups is 1. The molecule has 2 fully saturated rings. The van der Waals surface area contributed by atoms with E-state index in [1.54, 1.807) is 0 Å². The van der Waals surface area contributed by atoms with Crippen LogP contribution >= 0.6 is 0 Å². The van der Waals surface area contributed by atoms with Crippen molar-refractivity contribution in [2.24, 2.45) is 0 Å². The minimum absolute atomic E-state index is 0.0923. The van der Waals surface area contributed by atoms with Crippen molar-refractivity contribution in [3.05, 3.63) is 35.9 Å². The number of nitrogens with one attached hydrogen (secondary N) is 1. The molecule has 1 saturated carbocycles. The van der Waals surface area contributed by atoms with E-state index in [4.69, 9.17) is 4.74 Å². The Labute approximate surface area is 175 Å². The van der Waals surface area contributed by atoms with Crippen molar-refractivity contribution < 1.29 is 17.9 Å². The number of amides is 1. The number of hydrogen-bond acceptors (Lipinski definition) is 4. The van der Waals surface area contributed by atoms with E-state index in [1.165, 1.54) is 11.8 Å². The molecule has 6 nitrogen and oxygen atoms in total. The first-order valence-electron chi connectivity index (χ1n) is 10.8. The summed E-state index contributed by atoms with van der Waals surface area (Å²) in [5, 5.41) is 0. The van der Waals surface area contributed by atoms with Gasteiger partial charge in [0, 0.05) is 19.0 Å². The minimum atomic E-state index is -3.34. The van der Waals surface area contributed by atoms with Gasteiger partial charge in [0.15, 0.2) is 0 Å².